The van der Waals surface area contributed by atoms with E-state index in [2.05, 4.69) is 10.4 Å². The maximum atomic E-state index is 10.6. The second-order valence-electron chi connectivity index (χ2n) is 3.97. The predicted molar refractivity (Wildman–Crippen MR) is 62.1 cm³/mol. The smallest absolute Gasteiger partial charge is 0.271 e. The molecule has 16 heavy (non-hydrogen) atoms. The molecule has 0 unspecified atom stereocenters. The average molecular weight is 221 g/mol. The number of nitro benzene ring substituents is 1. The van der Waals surface area contributed by atoms with Crippen LogP contribution >= 0.6 is 0 Å². The van der Waals surface area contributed by atoms with E-state index in [1.54, 1.807) is 12.1 Å². The lowest BCUT2D eigenvalue weighted by atomic mass is 10.2. The summed E-state index contributed by atoms with van der Waals surface area (Å²) < 4.78 is 0. The molecule has 0 aliphatic carbocycles. The van der Waals surface area contributed by atoms with Crippen molar-refractivity contribution in [2.45, 2.75) is 19.3 Å². The zero-order valence-electron chi connectivity index (χ0n) is 9.06. The Kier molecular flexibility index (Phi) is 3.36. The zero-order chi connectivity index (χ0) is 11.4. The standard InChI is InChI=1S/C11H15N3O2/c15-14(16)11-6-4-5-10(9-11)12-13-7-2-1-3-8-13/h4-6,9,12H,1-3,7-8H2. The van der Waals surface area contributed by atoms with Crippen molar-refractivity contribution in [3.05, 3.63) is 34.4 Å². The van der Waals surface area contributed by atoms with Gasteiger partial charge in [-0.15, -0.1) is 0 Å². The lowest BCUT2D eigenvalue weighted by molar-refractivity contribution is -0.384. The van der Waals surface area contributed by atoms with Gasteiger partial charge in [-0.2, -0.15) is 0 Å². The first-order valence-electron chi connectivity index (χ1n) is 5.52. The number of hydrogen-bond acceptors (Lipinski definition) is 4. The SMILES string of the molecule is O=[N+]([O-])c1cccc(NN2CCCCC2)c1. The molecule has 0 radical (unpaired) electrons. The molecule has 0 spiro atoms. The Balaban J connectivity index is 2.02. The number of benzene rings is 1. The van der Waals surface area contributed by atoms with Crippen molar-refractivity contribution < 1.29 is 4.92 Å². The third-order valence-electron chi connectivity index (χ3n) is 2.70. The Morgan fingerprint density at radius 3 is 2.69 bits per heavy atom. The van der Waals surface area contributed by atoms with Crippen LogP contribution in [0.3, 0.4) is 0 Å². The molecule has 1 aromatic carbocycles. The number of piperidine rings is 1. The predicted octanol–water partition coefficient (Wildman–Crippen LogP) is 2.41. The third kappa shape index (κ3) is 2.70. The Morgan fingerprint density at radius 1 is 1.25 bits per heavy atom. The summed E-state index contributed by atoms with van der Waals surface area (Å²) in [7, 11) is 0. The van der Waals surface area contributed by atoms with Crippen LogP contribution in [0.1, 0.15) is 19.3 Å². The van der Waals surface area contributed by atoms with Gasteiger partial charge in [0.25, 0.3) is 5.69 Å². The van der Waals surface area contributed by atoms with Crippen molar-refractivity contribution in [3.63, 3.8) is 0 Å². The van der Waals surface area contributed by atoms with Crippen molar-refractivity contribution in [2.75, 3.05) is 18.5 Å². The van der Waals surface area contributed by atoms with E-state index in [0.29, 0.717) is 0 Å². The van der Waals surface area contributed by atoms with Gasteiger partial charge in [0.05, 0.1) is 10.6 Å². The van der Waals surface area contributed by atoms with Gasteiger partial charge >= 0.3 is 0 Å². The Morgan fingerprint density at radius 2 is 2.00 bits per heavy atom. The van der Waals surface area contributed by atoms with Crippen LogP contribution in [0, 0.1) is 10.1 Å². The van der Waals surface area contributed by atoms with E-state index < -0.39 is 0 Å². The maximum Gasteiger partial charge on any atom is 0.271 e. The summed E-state index contributed by atoms with van der Waals surface area (Å²) >= 11 is 0. The fraction of sp³-hybridized carbons (Fsp3) is 0.455. The number of hydrazine groups is 1. The highest BCUT2D eigenvalue weighted by atomic mass is 16.6. The van der Waals surface area contributed by atoms with Gasteiger partial charge in [0.1, 0.15) is 0 Å². The minimum atomic E-state index is -0.374. The summed E-state index contributed by atoms with van der Waals surface area (Å²) in [4.78, 5) is 10.2. The van der Waals surface area contributed by atoms with E-state index in [1.807, 2.05) is 6.07 Å². The van der Waals surface area contributed by atoms with Crippen LogP contribution in [0.25, 0.3) is 0 Å². The van der Waals surface area contributed by atoms with Crippen LogP contribution in [0.2, 0.25) is 0 Å². The number of hydrogen-bond donors (Lipinski definition) is 1. The number of anilines is 1. The van der Waals surface area contributed by atoms with E-state index in [0.717, 1.165) is 18.8 Å². The van der Waals surface area contributed by atoms with Gasteiger partial charge in [-0.3, -0.25) is 10.1 Å². The number of nitrogens with one attached hydrogen (secondary N) is 1. The summed E-state index contributed by atoms with van der Waals surface area (Å²) in [5, 5.41) is 12.7. The first kappa shape index (κ1) is 10.9. The van der Waals surface area contributed by atoms with E-state index in [4.69, 9.17) is 0 Å². The molecule has 1 heterocycles. The minimum Gasteiger partial charge on any atom is -0.319 e. The lowest BCUT2D eigenvalue weighted by Gasteiger charge is -2.27. The Labute approximate surface area is 94.2 Å². The second kappa shape index (κ2) is 4.94. The normalized spacial score (nSPS) is 17.0. The van der Waals surface area contributed by atoms with E-state index in [1.165, 1.54) is 25.3 Å². The summed E-state index contributed by atoms with van der Waals surface area (Å²) in [5.74, 6) is 0. The summed E-state index contributed by atoms with van der Waals surface area (Å²) in [6, 6.07) is 6.61. The fourth-order valence-corrected chi connectivity index (χ4v) is 1.88. The van der Waals surface area contributed by atoms with Gasteiger partial charge in [-0.05, 0) is 18.9 Å². The van der Waals surface area contributed by atoms with Gasteiger partial charge in [0.2, 0.25) is 0 Å². The van der Waals surface area contributed by atoms with E-state index >= 15 is 0 Å². The molecule has 1 aromatic rings. The molecule has 5 nitrogen and oxygen atoms in total. The van der Waals surface area contributed by atoms with Crippen LogP contribution in [-0.2, 0) is 0 Å². The van der Waals surface area contributed by atoms with Gasteiger partial charge in [-0.1, -0.05) is 12.5 Å². The van der Waals surface area contributed by atoms with Crippen molar-refractivity contribution >= 4 is 11.4 Å². The molecule has 0 amide bonds. The van der Waals surface area contributed by atoms with Crippen LogP contribution in [0.4, 0.5) is 11.4 Å². The molecule has 1 N–H and O–H groups in total. The lowest BCUT2D eigenvalue weighted by Crippen LogP contribution is -2.34. The summed E-state index contributed by atoms with van der Waals surface area (Å²) in [5.41, 5.74) is 4.12. The first-order valence-corrected chi connectivity index (χ1v) is 5.52. The first-order chi connectivity index (χ1) is 7.75. The Hall–Kier alpha value is -1.62. The fourth-order valence-electron chi connectivity index (χ4n) is 1.88. The van der Waals surface area contributed by atoms with Crippen LogP contribution in [0.5, 0.6) is 0 Å². The highest BCUT2D eigenvalue weighted by Crippen LogP contribution is 2.18. The van der Waals surface area contributed by atoms with Crippen molar-refractivity contribution in [1.82, 2.24) is 5.01 Å². The largest absolute Gasteiger partial charge is 0.319 e. The highest BCUT2D eigenvalue weighted by Gasteiger charge is 2.11. The second-order valence-corrected chi connectivity index (χ2v) is 3.97. The maximum absolute atomic E-state index is 10.6. The molecule has 2 rings (SSSR count). The van der Waals surface area contributed by atoms with E-state index in [9.17, 15) is 10.1 Å². The van der Waals surface area contributed by atoms with Crippen molar-refractivity contribution in [1.29, 1.82) is 0 Å². The molecule has 0 aromatic heterocycles. The topological polar surface area (TPSA) is 58.4 Å². The number of nitrogens with zero attached hydrogens (tertiary/aromatic N) is 2. The number of nitro groups is 1. The van der Waals surface area contributed by atoms with Gasteiger partial charge in [0.15, 0.2) is 0 Å². The molecule has 5 heteroatoms. The van der Waals surface area contributed by atoms with Gasteiger partial charge < -0.3 is 5.43 Å². The van der Waals surface area contributed by atoms with Crippen molar-refractivity contribution in [3.8, 4) is 0 Å². The number of rotatable bonds is 3. The average Bonchev–Trinajstić information content (AvgIpc) is 2.30. The molecule has 1 fully saturated rings. The zero-order valence-corrected chi connectivity index (χ0v) is 9.06. The third-order valence-corrected chi connectivity index (χ3v) is 2.70. The minimum absolute atomic E-state index is 0.127. The van der Waals surface area contributed by atoms with Crippen LogP contribution < -0.4 is 5.43 Å². The number of non-ortho nitro benzene ring substituents is 1. The Bertz CT molecular complexity index is 375. The quantitative estimate of drug-likeness (QED) is 0.629. The monoisotopic (exact) mass is 221 g/mol. The molecule has 0 bridgehead atoms. The van der Waals surface area contributed by atoms with Crippen molar-refractivity contribution in [2.24, 2.45) is 0 Å². The molecular formula is C11H15N3O2. The van der Waals surface area contributed by atoms with E-state index in [-0.39, 0.29) is 10.6 Å². The summed E-state index contributed by atoms with van der Waals surface area (Å²) in [6.45, 7) is 2.01. The molecule has 1 aliphatic rings. The molecule has 1 saturated heterocycles. The molecule has 0 saturated carbocycles. The summed E-state index contributed by atoms with van der Waals surface area (Å²) in [6.07, 6.45) is 3.64. The molecule has 86 valence electrons. The van der Waals surface area contributed by atoms with Crippen LogP contribution in [-0.4, -0.2) is 23.0 Å². The molecule has 0 atom stereocenters. The highest BCUT2D eigenvalue weighted by molar-refractivity contribution is 5.50. The van der Waals surface area contributed by atoms with Gasteiger partial charge in [0, 0.05) is 25.2 Å². The molecule has 1 aliphatic heterocycles. The van der Waals surface area contributed by atoms with Crippen LogP contribution in [0.15, 0.2) is 24.3 Å². The molecular weight excluding hydrogens is 206 g/mol. The van der Waals surface area contributed by atoms with Gasteiger partial charge in [-0.25, -0.2) is 5.01 Å².